The van der Waals surface area contributed by atoms with Crippen molar-refractivity contribution >= 4 is 11.7 Å². The van der Waals surface area contributed by atoms with Gasteiger partial charge in [-0.1, -0.05) is 0 Å². The molecule has 0 aliphatic carbocycles. The fourth-order valence-corrected chi connectivity index (χ4v) is 2.23. The lowest BCUT2D eigenvalue weighted by Gasteiger charge is -2.35. The number of hydrogen-bond donors (Lipinski definition) is 1. The highest BCUT2D eigenvalue weighted by molar-refractivity contribution is 5.75. The van der Waals surface area contributed by atoms with Gasteiger partial charge in [0.25, 0.3) is 0 Å². The van der Waals surface area contributed by atoms with E-state index in [1.807, 2.05) is 0 Å². The fourth-order valence-electron chi connectivity index (χ4n) is 2.23. The molecule has 9 heteroatoms. The van der Waals surface area contributed by atoms with Gasteiger partial charge in [0.05, 0.1) is 23.0 Å². The third-order valence-corrected chi connectivity index (χ3v) is 3.49. The average molecular weight is 298 g/mol. The van der Waals surface area contributed by atoms with E-state index < -0.39 is 10.5 Å². The number of nitrogens with zero attached hydrogens (tertiary/aromatic N) is 4. The number of rotatable bonds is 5. The predicted octanol–water partition coefficient (Wildman–Crippen LogP) is -0.209. The smallest absolute Gasteiger partial charge is 0.388 e. The minimum absolute atomic E-state index is 0.100. The first-order valence-electron chi connectivity index (χ1n) is 6.62. The number of amides is 1. The molecule has 116 valence electrons. The van der Waals surface area contributed by atoms with Crippen LogP contribution in [-0.4, -0.2) is 63.0 Å². The van der Waals surface area contributed by atoms with Gasteiger partial charge < -0.3 is 24.9 Å². The molecule has 0 saturated carbocycles. The summed E-state index contributed by atoms with van der Waals surface area (Å²) in [5.41, 5.74) is -0.932. The third-order valence-electron chi connectivity index (χ3n) is 3.49. The van der Waals surface area contributed by atoms with E-state index in [-0.39, 0.29) is 24.8 Å². The first-order valence-corrected chi connectivity index (χ1v) is 6.62. The number of carbonyl (C=O) groups is 1. The molecule has 0 unspecified atom stereocenters. The highest BCUT2D eigenvalue weighted by atomic mass is 16.6. The van der Waals surface area contributed by atoms with Crippen LogP contribution in [0.15, 0.2) is 12.3 Å². The monoisotopic (exact) mass is 298 g/mol. The van der Waals surface area contributed by atoms with Crippen molar-refractivity contribution in [3.05, 3.63) is 22.4 Å². The molecular formula is C12H18N4O5. The van der Waals surface area contributed by atoms with Crippen molar-refractivity contribution in [1.29, 1.82) is 0 Å². The number of likely N-dealkylation sites (N-methyl/N-ethyl adjacent to an activating group) is 1. The van der Waals surface area contributed by atoms with Gasteiger partial charge in [-0.25, -0.2) is 0 Å². The SMILES string of the molecule is CN(CC1(O)CCOCC1)C(=O)Cn1ccc([N+](=O)[O-])n1. The van der Waals surface area contributed by atoms with E-state index in [0.29, 0.717) is 26.1 Å². The molecule has 1 aromatic heterocycles. The standard InChI is InChI=1S/C12H18N4O5/c1-14(9-12(18)3-6-21-7-4-12)11(17)8-15-5-2-10(13-15)16(19)20/h2,5,18H,3-4,6-9H2,1H3. The molecule has 1 fully saturated rings. The van der Waals surface area contributed by atoms with E-state index in [9.17, 15) is 20.0 Å². The summed E-state index contributed by atoms with van der Waals surface area (Å²) in [5.74, 6) is -0.568. The second-order valence-corrected chi connectivity index (χ2v) is 5.22. The van der Waals surface area contributed by atoms with Gasteiger partial charge in [0, 0.05) is 39.6 Å². The molecule has 0 aromatic carbocycles. The van der Waals surface area contributed by atoms with Crippen LogP contribution in [0.5, 0.6) is 0 Å². The first-order chi connectivity index (χ1) is 9.89. The van der Waals surface area contributed by atoms with Gasteiger partial charge in [-0.2, -0.15) is 4.68 Å². The van der Waals surface area contributed by atoms with Gasteiger partial charge in [-0.05, 0) is 4.92 Å². The molecule has 0 radical (unpaired) electrons. The number of aliphatic hydroxyl groups is 1. The molecule has 1 N–H and O–H groups in total. The molecule has 2 heterocycles. The number of aromatic nitrogens is 2. The summed E-state index contributed by atoms with van der Waals surface area (Å²) in [6, 6.07) is 1.24. The third kappa shape index (κ3) is 3.99. The number of hydrogen-bond acceptors (Lipinski definition) is 6. The summed E-state index contributed by atoms with van der Waals surface area (Å²) in [4.78, 5) is 23.4. The lowest BCUT2D eigenvalue weighted by atomic mass is 9.94. The number of nitro groups is 1. The molecule has 2 rings (SSSR count). The highest BCUT2D eigenvalue weighted by Gasteiger charge is 2.32. The van der Waals surface area contributed by atoms with Gasteiger partial charge in [0.2, 0.25) is 5.91 Å². The van der Waals surface area contributed by atoms with Crippen LogP contribution in [0.2, 0.25) is 0 Å². The van der Waals surface area contributed by atoms with Crippen molar-refractivity contribution in [1.82, 2.24) is 14.7 Å². The minimum Gasteiger partial charge on any atom is -0.388 e. The molecule has 1 amide bonds. The second kappa shape index (κ2) is 6.19. The van der Waals surface area contributed by atoms with Gasteiger partial charge in [-0.3, -0.25) is 4.79 Å². The van der Waals surface area contributed by atoms with Crippen LogP contribution >= 0.6 is 0 Å². The van der Waals surface area contributed by atoms with Crippen molar-refractivity contribution in [2.45, 2.75) is 25.0 Å². The summed E-state index contributed by atoms with van der Waals surface area (Å²) < 4.78 is 6.40. The lowest BCUT2D eigenvalue weighted by Crippen LogP contribution is -2.48. The van der Waals surface area contributed by atoms with E-state index in [1.54, 1.807) is 7.05 Å². The lowest BCUT2D eigenvalue weighted by molar-refractivity contribution is -0.389. The molecule has 0 atom stereocenters. The number of ether oxygens (including phenoxy) is 1. The van der Waals surface area contributed by atoms with Crippen molar-refractivity contribution in [2.75, 3.05) is 26.8 Å². The van der Waals surface area contributed by atoms with Gasteiger partial charge in [0.15, 0.2) is 0 Å². The van der Waals surface area contributed by atoms with Crippen molar-refractivity contribution in [3.63, 3.8) is 0 Å². The van der Waals surface area contributed by atoms with Crippen molar-refractivity contribution in [2.24, 2.45) is 0 Å². The maximum atomic E-state index is 12.1. The molecule has 1 aliphatic heterocycles. The summed E-state index contributed by atoms with van der Waals surface area (Å²) in [7, 11) is 1.59. The van der Waals surface area contributed by atoms with E-state index in [4.69, 9.17) is 4.74 Å². The van der Waals surface area contributed by atoms with Crippen LogP contribution in [0, 0.1) is 10.1 Å². The Morgan fingerprint density at radius 3 is 2.86 bits per heavy atom. The molecular weight excluding hydrogens is 280 g/mol. The zero-order valence-electron chi connectivity index (χ0n) is 11.8. The first kappa shape index (κ1) is 15.4. The zero-order valence-corrected chi connectivity index (χ0v) is 11.8. The summed E-state index contributed by atoms with van der Waals surface area (Å²) in [6.45, 7) is 1.06. The van der Waals surface area contributed by atoms with Crippen molar-refractivity contribution < 1.29 is 19.6 Å². The van der Waals surface area contributed by atoms with E-state index in [1.165, 1.54) is 21.8 Å². The van der Waals surface area contributed by atoms with Crippen LogP contribution < -0.4 is 0 Å². The molecule has 9 nitrogen and oxygen atoms in total. The number of carbonyl (C=O) groups excluding carboxylic acids is 1. The molecule has 1 aromatic rings. The van der Waals surface area contributed by atoms with Crippen LogP contribution in [0.4, 0.5) is 5.82 Å². The Hall–Kier alpha value is -2.00. The van der Waals surface area contributed by atoms with Crippen molar-refractivity contribution in [3.8, 4) is 0 Å². The Morgan fingerprint density at radius 1 is 1.62 bits per heavy atom. The van der Waals surface area contributed by atoms with Crippen LogP contribution in [0.25, 0.3) is 0 Å². The normalized spacial score (nSPS) is 17.4. The van der Waals surface area contributed by atoms with E-state index in [2.05, 4.69) is 5.10 Å². The van der Waals surface area contributed by atoms with Gasteiger partial charge in [-0.15, -0.1) is 0 Å². The Labute approximate surface area is 121 Å². The minimum atomic E-state index is -0.932. The topological polar surface area (TPSA) is 111 Å². The highest BCUT2D eigenvalue weighted by Crippen LogP contribution is 2.21. The Bertz CT molecular complexity index is 523. The second-order valence-electron chi connectivity index (χ2n) is 5.22. The molecule has 0 bridgehead atoms. The van der Waals surface area contributed by atoms with Crippen LogP contribution in [0.1, 0.15) is 12.8 Å². The van der Waals surface area contributed by atoms with Gasteiger partial charge in [0.1, 0.15) is 6.54 Å². The maximum Gasteiger partial charge on any atom is 0.389 e. The van der Waals surface area contributed by atoms with Crippen LogP contribution in [-0.2, 0) is 16.1 Å². The molecule has 1 aliphatic rings. The Kier molecular flexibility index (Phi) is 4.53. The fraction of sp³-hybridized carbons (Fsp3) is 0.667. The molecule has 21 heavy (non-hydrogen) atoms. The summed E-state index contributed by atoms with van der Waals surface area (Å²) >= 11 is 0. The van der Waals surface area contributed by atoms with E-state index >= 15 is 0 Å². The van der Waals surface area contributed by atoms with E-state index in [0.717, 1.165) is 0 Å². The molecule has 1 saturated heterocycles. The van der Waals surface area contributed by atoms with Crippen LogP contribution in [0.3, 0.4) is 0 Å². The Morgan fingerprint density at radius 2 is 2.29 bits per heavy atom. The molecule has 0 spiro atoms. The Balaban J connectivity index is 1.91. The largest absolute Gasteiger partial charge is 0.389 e. The summed E-state index contributed by atoms with van der Waals surface area (Å²) in [5, 5.41) is 24.6. The maximum absolute atomic E-state index is 12.1. The quantitative estimate of drug-likeness (QED) is 0.595. The van der Waals surface area contributed by atoms with Gasteiger partial charge >= 0.3 is 5.82 Å². The predicted molar refractivity (Wildman–Crippen MR) is 71.5 cm³/mol. The zero-order chi connectivity index (χ0) is 15.5. The average Bonchev–Trinajstić information content (AvgIpc) is 2.87. The summed E-state index contributed by atoms with van der Waals surface area (Å²) in [6.07, 6.45) is 2.35.